The predicted octanol–water partition coefficient (Wildman–Crippen LogP) is 23.5. The zero-order valence-corrected chi connectivity index (χ0v) is 82.9. The fraction of sp³-hybridized carbons (Fsp3) is 0.365. The Hall–Kier alpha value is -10.9. The molecule has 9 aromatic rings. The number of carboxylic acids is 1. The van der Waals surface area contributed by atoms with E-state index < -0.39 is 17.2 Å². The highest BCUT2D eigenvalue weighted by atomic mass is 127. The Kier molecular flexibility index (Phi) is 40.1. The average Bonchev–Trinajstić information content (AvgIpc) is 1.70. The van der Waals surface area contributed by atoms with Crippen molar-refractivity contribution in [2.75, 3.05) is 28.4 Å². The lowest BCUT2D eigenvalue weighted by Crippen LogP contribution is -2.24. The molecule has 0 saturated carbocycles. The molecule has 0 bridgehead atoms. The molecule has 5 N–H and O–H groups in total. The normalized spacial score (nSPS) is 14.7. The predicted molar refractivity (Wildman–Crippen MR) is 520 cm³/mol. The summed E-state index contributed by atoms with van der Waals surface area (Å²) in [7, 11) is 5.52. The number of carboxylic acid groups (broad SMARTS) is 1. The van der Waals surface area contributed by atoms with Crippen molar-refractivity contribution in [1.29, 1.82) is 5.53 Å². The molecule has 0 amide bonds. The summed E-state index contributed by atoms with van der Waals surface area (Å²) in [6.45, 7) is 28.4. The first-order valence-electron chi connectivity index (χ1n) is 42.8. The van der Waals surface area contributed by atoms with Crippen LogP contribution in [-0.4, -0.2) is 109 Å². The standard InChI is InChI=1S/C14H19ClO2.C14H17ClO2.C12H14N3O2.C12H15NO2.C12H14O3.C12H12O3.C11H10O3.C10H9ClO.C7H6ClI/c2*1-10-11(6-5-7-12(10)15)8-9-13(16)17-14(2,3)4;1-7-8-5-6-11(14-15-13)10(8)4-3-9(7)12(16)17-2;3*1-7-8-5-6-11(13)10(8)4-3-9(7)12(14)15-2;1-6-7-4-5-10(12)9(7)3-2-8(6)11(13)14;1-6-7-3-5-10(12)8(7)2-4-9(6)11;1-5-6(8)3-2-4-7(5)9/h5-7H,8-9H2,1-4H3;5-9H,1-4H3;3-4,11,13H,5-6H2,1-2H3;3-4,11H,5-6,13H2,1-2H3;3-4,11,13H,5-6H2,1-2H3;3-4H,5-6H2,1-2H3;2-3H,4-5H2,1H3,(H,13,14);2,4H,3,5H2,1H3;2-4H,1H3/q;;+1;;;;;;/b;9-8-;;;;;;;/t;;3*11-;;;;/m..001..../s1. The minimum absolute atomic E-state index is 0.0344. The quantitative estimate of drug-likeness (QED) is 0.0233. The SMILES string of the molecule is COC(=O)c1ccc2c(c1C)CCC2=O.COC(=O)c1ccc2c(c1C)CC[C@@H]2N.COC(=O)c1ccc2c(c1C)CC[C@@H]2N=[N+]=N.COC(=O)c1ccc2c(c1C)CC[C@H]2O.Cc1c(C(=O)O)ccc2c1CCC2=O.Cc1c(Cl)ccc2c1CCC2=O.Cc1c(Cl)cccc1/C=C\C(=O)OC(C)(C)C.Cc1c(Cl)cccc1CCC(=O)OC(C)(C)C.Cc1c(Cl)cccc1I. The Morgan fingerprint density at radius 1 is 0.450 bits per heavy atom. The number of methoxy groups -OCH3 is 4. The minimum Gasteiger partial charge on any atom is -0.478 e. The molecule has 694 valence electrons. The lowest BCUT2D eigenvalue weighted by Gasteiger charge is -2.19. The van der Waals surface area contributed by atoms with Gasteiger partial charge in [-0.15, -0.1) is 0 Å². The van der Waals surface area contributed by atoms with Crippen LogP contribution in [0.15, 0.2) is 139 Å². The van der Waals surface area contributed by atoms with Crippen LogP contribution in [-0.2, 0) is 83.0 Å². The van der Waals surface area contributed by atoms with Crippen LogP contribution in [0.2, 0.25) is 20.1 Å². The van der Waals surface area contributed by atoms with Crippen molar-refractivity contribution in [1.82, 2.24) is 4.91 Å². The fourth-order valence-corrected chi connectivity index (χ4v) is 17.3. The summed E-state index contributed by atoms with van der Waals surface area (Å²) in [4.78, 5) is 117. The Balaban J connectivity index is 0.000000202. The topological polar surface area (TPSA) is 343 Å². The zero-order valence-electron chi connectivity index (χ0n) is 77.7. The highest BCUT2D eigenvalue weighted by Gasteiger charge is 2.32. The molecule has 0 unspecified atom stereocenters. The van der Waals surface area contributed by atoms with Gasteiger partial charge in [-0.3, -0.25) is 19.2 Å². The van der Waals surface area contributed by atoms with E-state index >= 15 is 0 Å². The van der Waals surface area contributed by atoms with E-state index in [0.29, 0.717) is 76.9 Å². The molecular formula is C104H116Cl4IN4O18+. The van der Waals surface area contributed by atoms with E-state index in [9.17, 15) is 53.1 Å². The van der Waals surface area contributed by atoms with Crippen molar-refractivity contribution >= 4 is 134 Å². The second-order valence-electron chi connectivity index (χ2n) is 33.9. The van der Waals surface area contributed by atoms with E-state index in [-0.39, 0.29) is 71.4 Å². The van der Waals surface area contributed by atoms with Gasteiger partial charge in [0.1, 0.15) is 21.8 Å². The number of carbonyl (C=O) groups is 10. The van der Waals surface area contributed by atoms with Gasteiger partial charge in [0.2, 0.25) is 4.91 Å². The first kappa shape index (κ1) is 107. The van der Waals surface area contributed by atoms with E-state index in [1.54, 1.807) is 49.4 Å². The number of halogens is 5. The molecule has 6 aliphatic rings. The van der Waals surface area contributed by atoms with Crippen LogP contribution >= 0.6 is 69.0 Å². The molecule has 0 spiro atoms. The van der Waals surface area contributed by atoms with Gasteiger partial charge in [0.25, 0.3) is 0 Å². The van der Waals surface area contributed by atoms with Gasteiger partial charge >= 0.3 is 41.8 Å². The lowest BCUT2D eigenvalue weighted by molar-refractivity contribution is -0.154. The molecule has 22 nitrogen and oxygen atoms in total. The first-order chi connectivity index (χ1) is 61.7. The summed E-state index contributed by atoms with van der Waals surface area (Å²) < 4.78 is 30.5. The van der Waals surface area contributed by atoms with E-state index in [4.69, 9.17) is 86.5 Å². The van der Waals surface area contributed by atoms with Crippen LogP contribution in [0.3, 0.4) is 0 Å². The van der Waals surface area contributed by atoms with Crippen molar-refractivity contribution in [3.05, 3.63) is 313 Å². The van der Waals surface area contributed by atoms with Gasteiger partial charge in [0.15, 0.2) is 23.4 Å². The number of aromatic carboxylic acids is 1. The second-order valence-corrected chi connectivity index (χ2v) is 36.7. The number of nitrogens with two attached hydrogens (primary N) is 1. The molecule has 0 fully saturated rings. The third-order valence-corrected chi connectivity index (χ3v) is 26.1. The average molecular weight is 1980 g/mol. The van der Waals surface area contributed by atoms with Crippen molar-refractivity contribution in [2.45, 2.75) is 223 Å². The number of rotatable bonds is 11. The van der Waals surface area contributed by atoms with E-state index in [2.05, 4.69) is 37.4 Å². The van der Waals surface area contributed by atoms with Crippen molar-refractivity contribution in [2.24, 2.45) is 10.8 Å². The highest BCUT2D eigenvalue weighted by Crippen LogP contribution is 2.40. The summed E-state index contributed by atoms with van der Waals surface area (Å²) in [6.07, 6.45) is 13.1. The molecule has 0 aliphatic heterocycles. The molecule has 3 atom stereocenters. The molecular weight excluding hydrogens is 1860 g/mol. The van der Waals surface area contributed by atoms with Crippen LogP contribution in [0.25, 0.3) is 6.08 Å². The second kappa shape index (κ2) is 49.0. The molecule has 0 radical (unpaired) electrons. The number of aliphatic hydroxyl groups excluding tert-OH is 1. The Bertz CT molecular complexity index is 5800. The largest absolute Gasteiger partial charge is 0.478 e. The van der Waals surface area contributed by atoms with Crippen LogP contribution in [0.5, 0.6) is 0 Å². The number of aryl methyl sites for hydroxylation is 1. The van der Waals surface area contributed by atoms with Crippen LogP contribution in [0.1, 0.15) is 299 Å². The van der Waals surface area contributed by atoms with Gasteiger partial charge in [-0.25, -0.2) is 28.8 Å². The number of benzene rings is 9. The number of nitrogens with one attached hydrogen (secondary N) is 1. The summed E-state index contributed by atoms with van der Waals surface area (Å²) in [5, 5.41) is 25.5. The van der Waals surface area contributed by atoms with Gasteiger partial charge in [-0.05, 0) is 375 Å². The summed E-state index contributed by atoms with van der Waals surface area (Å²) >= 11 is 26.0. The molecule has 0 heterocycles. The molecule has 6 aliphatic carbocycles. The number of nitrogens with zero attached hydrogens (tertiary/aromatic N) is 2. The number of hydrogen-bond donors (Lipinski definition) is 4. The maximum absolute atomic E-state index is 11.6. The Morgan fingerprint density at radius 2 is 0.832 bits per heavy atom. The van der Waals surface area contributed by atoms with Crippen molar-refractivity contribution in [3.63, 3.8) is 0 Å². The smallest absolute Gasteiger partial charge is 0.338 e. The van der Waals surface area contributed by atoms with Gasteiger partial charge in [0.05, 0.1) is 62.4 Å². The maximum Gasteiger partial charge on any atom is 0.338 e. The van der Waals surface area contributed by atoms with Crippen molar-refractivity contribution < 1.29 is 86.6 Å². The fourth-order valence-electron chi connectivity index (χ4n) is 15.9. The van der Waals surface area contributed by atoms with Gasteiger partial charge in [-0.1, -0.05) is 107 Å². The van der Waals surface area contributed by atoms with E-state index in [1.165, 1.54) is 60.8 Å². The first-order valence-corrected chi connectivity index (χ1v) is 45.4. The molecule has 0 aromatic heterocycles. The van der Waals surface area contributed by atoms with Gasteiger partial charge < -0.3 is 44.4 Å². The highest BCUT2D eigenvalue weighted by molar-refractivity contribution is 14.1. The zero-order chi connectivity index (χ0) is 97.4. The van der Waals surface area contributed by atoms with E-state index in [0.717, 1.165) is 172 Å². The summed E-state index contributed by atoms with van der Waals surface area (Å²) in [5.41, 5.74) is 37.5. The van der Waals surface area contributed by atoms with Crippen molar-refractivity contribution in [3.8, 4) is 0 Å². The molecule has 9 aromatic carbocycles. The van der Waals surface area contributed by atoms with Crippen LogP contribution in [0.4, 0.5) is 0 Å². The number of hydrogen-bond acceptors (Lipinski definition) is 20. The number of ether oxygens (including phenoxy) is 6. The number of carbonyl (C=O) groups excluding carboxylic acids is 9. The molecule has 27 heteroatoms. The molecule has 131 heavy (non-hydrogen) atoms. The number of aliphatic hydroxyl groups is 1. The molecule has 15 rings (SSSR count). The van der Waals surface area contributed by atoms with Crippen LogP contribution < -0.4 is 10.6 Å². The minimum atomic E-state index is -0.926. The van der Waals surface area contributed by atoms with E-state index in [1.807, 2.05) is 182 Å². The number of fused-ring (bicyclic) bond motifs is 6. The Labute approximate surface area is 800 Å². The third kappa shape index (κ3) is 28.8. The number of esters is 6. The summed E-state index contributed by atoms with van der Waals surface area (Å²) in [6, 6.07) is 38.5. The lowest BCUT2D eigenvalue weighted by atomic mass is 9.98. The summed E-state index contributed by atoms with van der Waals surface area (Å²) in [5.74, 6) is -2.12. The maximum atomic E-state index is 11.6. The van der Waals surface area contributed by atoms with Crippen LogP contribution in [0, 0.1) is 71.4 Å². The number of ketones is 3. The molecule has 0 saturated heterocycles. The Morgan fingerprint density at radius 3 is 1.30 bits per heavy atom. The number of Topliss-reactive ketones (excluding diaryl/α,β-unsaturated/α-hetero) is 3. The van der Waals surface area contributed by atoms with Gasteiger partial charge in [0, 0.05) is 78.2 Å². The third-order valence-electron chi connectivity index (χ3n) is 23.3. The van der Waals surface area contributed by atoms with Gasteiger partial charge in [-0.2, -0.15) is 0 Å². The monoisotopic (exact) mass is 1980 g/mol.